The van der Waals surface area contributed by atoms with Crippen molar-refractivity contribution in [3.63, 3.8) is 0 Å². The Kier molecular flexibility index (Phi) is 2.12. The second-order valence-electron chi connectivity index (χ2n) is 2.54. The molecule has 1 aliphatic rings. The molecule has 0 saturated carbocycles. The van der Waals surface area contributed by atoms with Crippen molar-refractivity contribution in [2.75, 3.05) is 13.2 Å². The first-order valence-electron chi connectivity index (χ1n) is 3.31. The Morgan fingerprint density at radius 3 is 2.82 bits per heavy atom. The van der Waals surface area contributed by atoms with Crippen LogP contribution in [0.5, 0.6) is 0 Å². The fourth-order valence-corrected chi connectivity index (χ4v) is 0.857. The highest BCUT2D eigenvalue weighted by molar-refractivity contribution is 5.81. The van der Waals surface area contributed by atoms with Crippen LogP contribution in [0.15, 0.2) is 0 Å². The summed E-state index contributed by atoms with van der Waals surface area (Å²) in [5.74, 6) is -2.03. The van der Waals surface area contributed by atoms with Crippen molar-refractivity contribution in [1.82, 2.24) is 0 Å². The Bertz CT molecular complexity index is 172. The van der Waals surface area contributed by atoms with Gasteiger partial charge in [0.1, 0.15) is 6.10 Å². The molecular formula is C6H11NO4. The molecule has 5 heteroatoms. The molecule has 1 rings (SSSR count). The fraction of sp³-hybridized carbons (Fsp3) is 0.833. The standard InChI is InChI=1S/C6H11NO4/c1-6(5(7)9)10-3-4(2-8)11-6/h4,8H,2-3H2,1H3,(H2,7,9)/t4-,6?/m1/s1. The molecule has 1 heterocycles. The molecule has 3 N–H and O–H groups in total. The summed E-state index contributed by atoms with van der Waals surface area (Å²) in [4.78, 5) is 10.7. The maximum Gasteiger partial charge on any atom is 0.277 e. The van der Waals surface area contributed by atoms with Crippen molar-refractivity contribution in [1.29, 1.82) is 0 Å². The van der Waals surface area contributed by atoms with E-state index in [2.05, 4.69) is 0 Å². The molecule has 11 heavy (non-hydrogen) atoms. The molecule has 0 aliphatic carbocycles. The highest BCUT2D eigenvalue weighted by Gasteiger charge is 2.42. The summed E-state index contributed by atoms with van der Waals surface area (Å²) in [6, 6.07) is 0. The lowest BCUT2D eigenvalue weighted by atomic mass is 10.3. The number of rotatable bonds is 2. The summed E-state index contributed by atoms with van der Waals surface area (Å²) in [7, 11) is 0. The van der Waals surface area contributed by atoms with Gasteiger partial charge in [-0.15, -0.1) is 0 Å². The van der Waals surface area contributed by atoms with Crippen molar-refractivity contribution in [3.05, 3.63) is 0 Å². The Morgan fingerprint density at radius 1 is 1.91 bits per heavy atom. The van der Waals surface area contributed by atoms with Gasteiger partial charge in [-0.3, -0.25) is 4.79 Å². The summed E-state index contributed by atoms with van der Waals surface area (Å²) in [6.45, 7) is 1.48. The second-order valence-corrected chi connectivity index (χ2v) is 2.54. The number of amides is 1. The summed E-state index contributed by atoms with van der Waals surface area (Å²) in [6.07, 6.45) is -0.438. The van der Waals surface area contributed by atoms with E-state index in [1.165, 1.54) is 6.92 Å². The van der Waals surface area contributed by atoms with E-state index >= 15 is 0 Å². The molecule has 1 aliphatic heterocycles. The molecule has 0 radical (unpaired) electrons. The first-order valence-corrected chi connectivity index (χ1v) is 3.31. The first-order chi connectivity index (χ1) is 5.08. The van der Waals surface area contributed by atoms with Crippen LogP contribution in [0, 0.1) is 0 Å². The number of carbonyl (C=O) groups excluding carboxylic acids is 1. The molecule has 0 bridgehead atoms. The molecule has 64 valence electrons. The number of carbonyl (C=O) groups is 1. The number of hydrogen-bond donors (Lipinski definition) is 2. The lowest BCUT2D eigenvalue weighted by Crippen LogP contribution is -2.42. The average molecular weight is 161 g/mol. The smallest absolute Gasteiger partial charge is 0.277 e. The minimum Gasteiger partial charge on any atom is -0.394 e. The van der Waals surface area contributed by atoms with Crippen molar-refractivity contribution >= 4 is 5.91 Å². The van der Waals surface area contributed by atoms with Gasteiger partial charge in [-0.1, -0.05) is 0 Å². The predicted molar refractivity (Wildman–Crippen MR) is 35.5 cm³/mol. The summed E-state index contributed by atoms with van der Waals surface area (Å²) in [5, 5.41) is 8.62. The van der Waals surface area contributed by atoms with Gasteiger partial charge in [0.15, 0.2) is 0 Å². The third-order valence-electron chi connectivity index (χ3n) is 1.59. The van der Waals surface area contributed by atoms with E-state index in [1.54, 1.807) is 0 Å². The van der Waals surface area contributed by atoms with Gasteiger partial charge in [0.2, 0.25) is 5.79 Å². The molecule has 0 aromatic rings. The van der Waals surface area contributed by atoms with E-state index in [0.717, 1.165) is 0 Å². The van der Waals surface area contributed by atoms with E-state index in [9.17, 15) is 4.79 Å². The normalized spacial score (nSPS) is 37.5. The van der Waals surface area contributed by atoms with Crippen LogP contribution in [0.2, 0.25) is 0 Å². The zero-order valence-corrected chi connectivity index (χ0v) is 6.24. The highest BCUT2D eigenvalue weighted by Crippen LogP contribution is 2.22. The molecular weight excluding hydrogens is 150 g/mol. The van der Waals surface area contributed by atoms with Crippen LogP contribution < -0.4 is 5.73 Å². The first kappa shape index (κ1) is 8.45. The Balaban J connectivity index is 2.57. The third kappa shape index (κ3) is 1.50. The van der Waals surface area contributed by atoms with Crippen molar-refractivity contribution in [2.24, 2.45) is 5.73 Å². The van der Waals surface area contributed by atoms with E-state index < -0.39 is 17.8 Å². The lowest BCUT2D eigenvalue weighted by molar-refractivity contribution is -0.178. The zero-order valence-electron chi connectivity index (χ0n) is 6.24. The van der Waals surface area contributed by atoms with Crippen LogP contribution in [0.1, 0.15) is 6.92 Å². The maximum absolute atomic E-state index is 10.7. The highest BCUT2D eigenvalue weighted by atomic mass is 16.8. The number of nitrogens with two attached hydrogens (primary N) is 1. The van der Waals surface area contributed by atoms with Crippen LogP contribution in [-0.4, -0.2) is 36.1 Å². The van der Waals surface area contributed by atoms with Crippen LogP contribution in [-0.2, 0) is 14.3 Å². The zero-order chi connectivity index (χ0) is 8.48. The van der Waals surface area contributed by atoms with E-state index in [-0.39, 0.29) is 13.2 Å². The predicted octanol–water partition coefficient (Wildman–Crippen LogP) is -1.40. The van der Waals surface area contributed by atoms with E-state index in [1.807, 2.05) is 0 Å². The molecule has 1 amide bonds. The molecule has 1 fully saturated rings. The van der Waals surface area contributed by atoms with Crippen molar-refractivity contribution in [2.45, 2.75) is 18.8 Å². The summed E-state index contributed by atoms with van der Waals surface area (Å²) < 4.78 is 9.96. The van der Waals surface area contributed by atoms with Gasteiger partial charge in [0.25, 0.3) is 5.91 Å². The maximum atomic E-state index is 10.7. The average Bonchev–Trinajstić information content (AvgIpc) is 2.33. The molecule has 0 aromatic heterocycles. The Morgan fingerprint density at radius 2 is 2.55 bits per heavy atom. The van der Waals surface area contributed by atoms with Crippen molar-refractivity contribution in [3.8, 4) is 0 Å². The molecule has 5 nitrogen and oxygen atoms in total. The number of ether oxygens (including phenoxy) is 2. The monoisotopic (exact) mass is 161 g/mol. The minimum atomic E-state index is -1.35. The molecule has 1 unspecified atom stereocenters. The van der Waals surface area contributed by atoms with E-state index in [4.69, 9.17) is 20.3 Å². The van der Waals surface area contributed by atoms with E-state index in [0.29, 0.717) is 0 Å². The number of aliphatic hydroxyl groups excluding tert-OH is 1. The van der Waals surface area contributed by atoms with Crippen LogP contribution in [0.3, 0.4) is 0 Å². The fourth-order valence-electron chi connectivity index (χ4n) is 0.857. The van der Waals surface area contributed by atoms with Crippen molar-refractivity contribution < 1.29 is 19.4 Å². The van der Waals surface area contributed by atoms with Crippen LogP contribution in [0.25, 0.3) is 0 Å². The van der Waals surface area contributed by atoms with Gasteiger partial charge in [-0.2, -0.15) is 0 Å². The van der Waals surface area contributed by atoms with Gasteiger partial charge >= 0.3 is 0 Å². The SMILES string of the molecule is CC1(C(N)=O)OC[C@@H](CO)O1. The van der Waals surface area contributed by atoms with Gasteiger partial charge in [-0.05, 0) is 6.92 Å². The van der Waals surface area contributed by atoms with Crippen LogP contribution in [0.4, 0.5) is 0 Å². The Hall–Kier alpha value is -0.650. The molecule has 1 saturated heterocycles. The summed E-state index contributed by atoms with van der Waals surface area (Å²) >= 11 is 0. The number of primary amides is 1. The molecule has 0 aromatic carbocycles. The summed E-state index contributed by atoms with van der Waals surface area (Å²) in [5.41, 5.74) is 4.98. The molecule has 0 spiro atoms. The van der Waals surface area contributed by atoms with Gasteiger partial charge in [0.05, 0.1) is 13.2 Å². The minimum absolute atomic E-state index is 0.164. The molecule has 2 atom stereocenters. The number of hydrogen-bond acceptors (Lipinski definition) is 4. The Labute approximate surface area is 64.1 Å². The van der Waals surface area contributed by atoms with Crippen LogP contribution >= 0.6 is 0 Å². The largest absolute Gasteiger partial charge is 0.394 e. The quantitative estimate of drug-likeness (QED) is 0.521. The number of aliphatic hydroxyl groups is 1. The lowest BCUT2D eigenvalue weighted by Gasteiger charge is -2.17. The van der Waals surface area contributed by atoms with Gasteiger partial charge in [0, 0.05) is 0 Å². The van der Waals surface area contributed by atoms with Gasteiger partial charge in [-0.25, -0.2) is 0 Å². The van der Waals surface area contributed by atoms with Gasteiger partial charge < -0.3 is 20.3 Å². The second kappa shape index (κ2) is 2.77. The third-order valence-corrected chi connectivity index (χ3v) is 1.59. The topological polar surface area (TPSA) is 81.8 Å².